The molecule has 6 heteroatoms. The van der Waals surface area contributed by atoms with E-state index >= 15 is 0 Å². The Balaban J connectivity index is 2.18. The molecular formula is C12H25N3O2S. The molecule has 18 heavy (non-hydrogen) atoms. The highest BCUT2D eigenvalue weighted by atomic mass is 32.2. The Hall–Kier alpha value is -0.170. The van der Waals surface area contributed by atoms with E-state index in [0.29, 0.717) is 13.1 Å². The standard InChI is InChI=1S/C12H25N3O2S/c1-2-15(18(16,17)14-11-6-7-11)12(10-13)8-4-3-5-9-12/h11,14H,2-10,13H2,1H3. The number of hydrogen-bond donors (Lipinski definition) is 2. The average Bonchev–Trinajstić information content (AvgIpc) is 3.14. The highest BCUT2D eigenvalue weighted by Crippen LogP contribution is 2.35. The zero-order valence-corrected chi connectivity index (χ0v) is 12.0. The van der Waals surface area contributed by atoms with Gasteiger partial charge in [0.25, 0.3) is 10.2 Å². The second-order valence-corrected chi connectivity index (χ2v) is 7.18. The average molecular weight is 275 g/mol. The van der Waals surface area contributed by atoms with Gasteiger partial charge in [0.2, 0.25) is 0 Å². The molecule has 3 N–H and O–H groups in total. The summed E-state index contributed by atoms with van der Waals surface area (Å²) in [5, 5.41) is 0. The number of likely N-dealkylation sites (N-methyl/N-ethyl adjacent to an activating group) is 1. The first-order valence-electron chi connectivity index (χ1n) is 7.04. The van der Waals surface area contributed by atoms with Gasteiger partial charge >= 0.3 is 0 Å². The molecule has 0 aliphatic heterocycles. The Labute approximate surface area is 110 Å². The van der Waals surface area contributed by atoms with E-state index in [-0.39, 0.29) is 11.6 Å². The summed E-state index contributed by atoms with van der Waals surface area (Å²) in [7, 11) is -3.38. The summed E-state index contributed by atoms with van der Waals surface area (Å²) >= 11 is 0. The Bertz CT molecular complexity index is 373. The monoisotopic (exact) mass is 275 g/mol. The SMILES string of the molecule is CCN(C1(CN)CCCCC1)S(=O)(=O)NC1CC1. The quantitative estimate of drug-likeness (QED) is 0.758. The van der Waals surface area contributed by atoms with Crippen LogP contribution in [0.25, 0.3) is 0 Å². The molecule has 0 aromatic carbocycles. The van der Waals surface area contributed by atoms with E-state index in [4.69, 9.17) is 5.73 Å². The summed E-state index contributed by atoms with van der Waals surface area (Å²) in [4.78, 5) is 0. The van der Waals surface area contributed by atoms with Crippen LogP contribution in [0, 0.1) is 0 Å². The van der Waals surface area contributed by atoms with Crippen molar-refractivity contribution in [3.8, 4) is 0 Å². The first kappa shape index (κ1) is 14.2. The van der Waals surface area contributed by atoms with Crippen molar-refractivity contribution in [2.45, 2.75) is 63.5 Å². The van der Waals surface area contributed by atoms with Crippen LogP contribution >= 0.6 is 0 Å². The molecule has 2 aliphatic rings. The first-order valence-corrected chi connectivity index (χ1v) is 8.48. The van der Waals surface area contributed by atoms with Crippen molar-refractivity contribution < 1.29 is 8.42 Å². The first-order chi connectivity index (χ1) is 8.54. The van der Waals surface area contributed by atoms with Crippen molar-refractivity contribution in [1.82, 2.24) is 9.03 Å². The van der Waals surface area contributed by atoms with E-state index < -0.39 is 10.2 Å². The Morgan fingerprint density at radius 1 is 1.28 bits per heavy atom. The molecule has 5 nitrogen and oxygen atoms in total. The van der Waals surface area contributed by atoms with Gasteiger partial charge in [0.05, 0.1) is 0 Å². The Morgan fingerprint density at radius 2 is 1.89 bits per heavy atom. The van der Waals surface area contributed by atoms with Crippen LogP contribution < -0.4 is 10.5 Å². The van der Waals surface area contributed by atoms with Gasteiger partial charge in [-0.15, -0.1) is 0 Å². The molecular weight excluding hydrogens is 250 g/mol. The van der Waals surface area contributed by atoms with Gasteiger partial charge in [0.1, 0.15) is 0 Å². The van der Waals surface area contributed by atoms with Crippen LogP contribution in [0.3, 0.4) is 0 Å². The lowest BCUT2D eigenvalue weighted by atomic mass is 9.81. The summed E-state index contributed by atoms with van der Waals surface area (Å²) in [5.41, 5.74) is 5.57. The van der Waals surface area contributed by atoms with Gasteiger partial charge in [0, 0.05) is 24.7 Å². The molecule has 0 saturated heterocycles. The summed E-state index contributed by atoms with van der Waals surface area (Å²) in [6, 6.07) is 0.155. The number of nitrogens with zero attached hydrogens (tertiary/aromatic N) is 1. The molecule has 2 saturated carbocycles. The number of rotatable bonds is 6. The van der Waals surface area contributed by atoms with Crippen LogP contribution in [-0.2, 0) is 10.2 Å². The van der Waals surface area contributed by atoms with Gasteiger partial charge in [-0.25, -0.2) is 0 Å². The number of nitrogens with one attached hydrogen (secondary N) is 1. The lowest BCUT2D eigenvalue weighted by molar-refractivity contribution is 0.139. The topological polar surface area (TPSA) is 75.4 Å². The van der Waals surface area contributed by atoms with Crippen molar-refractivity contribution in [2.75, 3.05) is 13.1 Å². The van der Waals surface area contributed by atoms with Crippen molar-refractivity contribution in [1.29, 1.82) is 0 Å². The number of nitrogens with two attached hydrogens (primary N) is 1. The minimum Gasteiger partial charge on any atom is -0.329 e. The molecule has 0 radical (unpaired) electrons. The van der Waals surface area contributed by atoms with E-state index in [1.54, 1.807) is 4.31 Å². The maximum absolute atomic E-state index is 12.4. The molecule has 0 aromatic rings. The van der Waals surface area contributed by atoms with Crippen LogP contribution in [0.4, 0.5) is 0 Å². The van der Waals surface area contributed by atoms with E-state index in [1.165, 1.54) is 6.42 Å². The van der Waals surface area contributed by atoms with E-state index in [0.717, 1.165) is 38.5 Å². The van der Waals surface area contributed by atoms with Crippen molar-refractivity contribution >= 4 is 10.2 Å². The maximum Gasteiger partial charge on any atom is 0.280 e. The molecule has 0 unspecified atom stereocenters. The smallest absolute Gasteiger partial charge is 0.280 e. The predicted molar refractivity (Wildman–Crippen MR) is 72.3 cm³/mol. The lowest BCUT2D eigenvalue weighted by Crippen LogP contribution is -2.59. The zero-order valence-electron chi connectivity index (χ0n) is 11.2. The third kappa shape index (κ3) is 2.87. The third-order valence-corrected chi connectivity index (χ3v) is 6.02. The van der Waals surface area contributed by atoms with Crippen LogP contribution in [0.2, 0.25) is 0 Å². The molecule has 0 spiro atoms. The third-order valence-electron chi connectivity index (χ3n) is 4.16. The second-order valence-electron chi connectivity index (χ2n) is 5.55. The van der Waals surface area contributed by atoms with Gasteiger partial charge in [-0.3, -0.25) is 0 Å². The minimum absolute atomic E-state index is 0.155. The fourth-order valence-corrected chi connectivity index (χ4v) is 4.89. The van der Waals surface area contributed by atoms with Gasteiger partial charge < -0.3 is 5.73 Å². The van der Waals surface area contributed by atoms with Crippen LogP contribution in [0.5, 0.6) is 0 Å². The summed E-state index contributed by atoms with van der Waals surface area (Å²) in [6.45, 7) is 2.82. The molecule has 2 rings (SSSR count). The van der Waals surface area contributed by atoms with Crippen LogP contribution in [-0.4, -0.2) is 37.4 Å². The maximum atomic E-state index is 12.4. The van der Waals surface area contributed by atoms with E-state index in [9.17, 15) is 8.42 Å². The highest BCUT2D eigenvalue weighted by Gasteiger charge is 2.43. The fraction of sp³-hybridized carbons (Fsp3) is 1.00. The molecule has 0 heterocycles. The van der Waals surface area contributed by atoms with E-state index in [2.05, 4.69) is 4.72 Å². The van der Waals surface area contributed by atoms with Crippen molar-refractivity contribution in [2.24, 2.45) is 5.73 Å². The van der Waals surface area contributed by atoms with E-state index in [1.807, 2.05) is 6.92 Å². The molecule has 0 atom stereocenters. The molecule has 2 aliphatic carbocycles. The largest absolute Gasteiger partial charge is 0.329 e. The van der Waals surface area contributed by atoms with Gasteiger partial charge in [-0.2, -0.15) is 17.4 Å². The highest BCUT2D eigenvalue weighted by molar-refractivity contribution is 7.87. The van der Waals surface area contributed by atoms with Crippen molar-refractivity contribution in [3.63, 3.8) is 0 Å². The minimum atomic E-state index is -3.38. The summed E-state index contributed by atoms with van der Waals surface area (Å²) in [5.74, 6) is 0. The van der Waals surface area contributed by atoms with Gasteiger partial charge in [-0.1, -0.05) is 26.2 Å². The summed E-state index contributed by atoms with van der Waals surface area (Å²) < 4.78 is 29.3. The lowest BCUT2D eigenvalue weighted by Gasteiger charge is -2.44. The van der Waals surface area contributed by atoms with Crippen molar-refractivity contribution in [3.05, 3.63) is 0 Å². The summed E-state index contributed by atoms with van der Waals surface area (Å²) in [6.07, 6.45) is 7.05. The Morgan fingerprint density at radius 3 is 2.33 bits per heavy atom. The Kier molecular flexibility index (Phi) is 4.31. The van der Waals surface area contributed by atoms with Gasteiger partial charge in [-0.05, 0) is 25.7 Å². The predicted octanol–water partition coefficient (Wildman–Crippen LogP) is 0.967. The fourth-order valence-electron chi connectivity index (χ4n) is 3.00. The number of hydrogen-bond acceptors (Lipinski definition) is 3. The van der Waals surface area contributed by atoms with Crippen LogP contribution in [0.15, 0.2) is 0 Å². The molecule has 106 valence electrons. The molecule has 0 bridgehead atoms. The van der Waals surface area contributed by atoms with Gasteiger partial charge in [0.15, 0.2) is 0 Å². The zero-order chi connectivity index (χ0) is 13.2. The molecule has 0 aromatic heterocycles. The second kappa shape index (κ2) is 5.45. The van der Waals surface area contributed by atoms with Crippen LogP contribution in [0.1, 0.15) is 51.9 Å². The molecule has 2 fully saturated rings. The molecule has 0 amide bonds. The normalized spacial score (nSPS) is 24.4.